The third-order valence-electron chi connectivity index (χ3n) is 9.55. The van der Waals surface area contributed by atoms with Crippen LogP contribution in [0.5, 0.6) is 0 Å². The number of carbonyl (C=O) groups is 1. The van der Waals surface area contributed by atoms with E-state index in [4.69, 9.17) is 4.52 Å². The Labute approximate surface area is 287 Å². The van der Waals surface area contributed by atoms with Gasteiger partial charge in [0.1, 0.15) is 39.1 Å². The summed E-state index contributed by atoms with van der Waals surface area (Å²) in [4.78, 5) is 15.4. The Morgan fingerprint density at radius 1 is 0.396 bits per heavy atom. The van der Waals surface area contributed by atoms with Gasteiger partial charge in [-0.1, -0.05) is 109 Å². The highest BCUT2D eigenvalue weighted by Gasteiger charge is 2.57. The molecule has 0 saturated heterocycles. The van der Waals surface area contributed by atoms with Crippen molar-refractivity contribution in [1.82, 2.24) is 0 Å². The monoisotopic (exact) mass is 666 g/mol. The van der Waals surface area contributed by atoms with Crippen LogP contribution in [0.4, 0.5) is 0 Å². The summed E-state index contributed by atoms with van der Waals surface area (Å²) in [6, 6.07) is 51.2. The van der Waals surface area contributed by atoms with Crippen molar-refractivity contribution in [2.75, 3.05) is 6.16 Å². The van der Waals surface area contributed by atoms with Crippen molar-refractivity contribution in [3.63, 3.8) is 0 Å². The van der Waals surface area contributed by atoms with Gasteiger partial charge in [0, 0.05) is 0 Å². The average molecular weight is 667 g/mol. The third kappa shape index (κ3) is 5.94. The van der Waals surface area contributed by atoms with E-state index in [-0.39, 0.29) is 12.1 Å². The van der Waals surface area contributed by atoms with E-state index in [1.807, 2.05) is 0 Å². The van der Waals surface area contributed by atoms with E-state index in [1.165, 1.54) is 32.6 Å². The zero-order chi connectivity index (χ0) is 33.9. The molecule has 6 rings (SSSR count). The molecule has 0 saturated carbocycles. The van der Waals surface area contributed by atoms with Crippen molar-refractivity contribution in [2.45, 2.75) is 41.5 Å². The minimum Gasteiger partial charge on any atom is -0.293 e. The first-order valence-electron chi connectivity index (χ1n) is 16.6. The molecule has 4 heteroatoms. The second kappa shape index (κ2) is 14.0. The Kier molecular flexibility index (Phi) is 9.80. The highest BCUT2D eigenvalue weighted by Crippen LogP contribution is 2.62. The molecule has 0 unspecified atom stereocenters. The molecule has 0 fully saturated rings. The van der Waals surface area contributed by atoms with Crippen molar-refractivity contribution in [1.29, 1.82) is 0 Å². The molecule has 6 aromatic carbocycles. The van der Waals surface area contributed by atoms with Gasteiger partial charge in [0.2, 0.25) is 0 Å². The van der Waals surface area contributed by atoms with E-state index in [9.17, 15) is 0 Å². The predicted octanol–water partition coefficient (Wildman–Crippen LogP) is 8.28. The molecule has 240 valence electrons. The molecule has 0 N–H and O–H groups in total. The lowest BCUT2D eigenvalue weighted by atomic mass is 10.2. The SMILES string of the molecule is Cc1ccccc1[P+](CC(=O)O[P+](c1ccccc1C)(c1ccccc1C)c1ccccc1C)(c1ccccc1C)c1ccccc1C. The summed E-state index contributed by atoms with van der Waals surface area (Å²) < 4.78 is 7.38. The zero-order valence-electron chi connectivity index (χ0n) is 28.8. The summed E-state index contributed by atoms with van der Waals surface area (Å²) in [6.45, 7) is 12.9. The molecule has 6 aromatic rings. The lowest BCUT2D eigenvalue weighted by molar-refractivity contribution is -0.130. The highest BCUT2D eigenvalue weighted by molar-refractivity contribution is 7.96. The van der Waals surface area contributed by atoms with Crippen molar-refractivity contribution >= 4 is 52.5 Å². The molecule has 0 aliphatic rings. The van der Waals surface area contributed by atoms with E-state index in [1.54, 1.807) is 0 Å². The average Bonchev–Trinajstić information content (AvgIpc) is 3.08. The Balaban J connectivity index is 1.66. The van der Waals surface area contributed by atoms with E-state index in [0.29, 0.717) is 0 Å². The maximum atomic E-state index is 15.4. The van der Waals surface area contributed by atoms with Crippen LogP contribution in [-0.4, -0.2) is 12.1 Å². The van der Waals surface area contributed by atoms with Crippen LogP contribution in [0.1, 0.15) is 33.4 Å². The van der Waals surface area contributed by atoms with E-state index >= 15 is 4.79 Å². The fraction of sp³-hybridized carbons (Fsp3) is 0.159. The maximum absolute atomic E-state index is 15.4. The molecular formula is C44H44O2P2+2. The molecule has 0 radical (unpaired) electrons. The van der Waals surface area contributed by atoms with Gasteiger partial charge < -0.3 is 0 Å². The smallest absolute Gasteiger partial charge is 0.293 e. The second-order valence-electron chi connectivity index (χ2n) is 12.8. The van der Waals surface area contributed by atoms with Crippen LogP contribution in [0, 0.1) is 41.5 Å². The Morgan fingerprint density at radius 3 is 0.875 bits per heavy atom. The Hall–Kier alpha value is -4.35. The summed E-state index contributed by atoms with van der Waals surface area (Å²) in [5.74, 6) is -0.179. The largest absolute Gasteiger partial charge is 0.389 e. The Bertz CT molecular complexity index is 1730. The number of carbonyl (C=O) groups excluding carboxylic acids is 1. The van der Waals surface area contributed by atoms with Gasteiger partial charge in [-0.3, -0.25) is 4.52 Å². The molecule has 0 amide bonds. The van der Waals surface area contributed by atoms with Crippen LogP contribution in [0.25, 0.3) is 0 Å². The van der Waals surface area contributed by atoms with Crippen molar-refractivity contribution < 1.29 is 9.32 Å². The van der Waals surface area contributed by atoms with Crippen molar-refractivity contribution in [3.8, 4) is 0 Å². The van der Waals surface area contributed by atoms with Crippen LogP contribution in [0.2, 0.25) is 0 Å². The first-order valence-corrected chi connectivity index (χ1v) is 20.2. The van der Waals surface area contributed by atoms with Crippen LogP contribution < -0.4 is 31.8 Å². The van der Waals surface area contributed by atoms with E-state index in [0.717, 1.165) is 32.6 Å². The molecule has 0 bridgehead atoms. The van der Waals surface area contributed by atoms with Gasteiger partial charge in [0.15, 0.2) is 6.16 Å². The normalized spacial score (nSPS) is 11.7. The number of rotatable bonds is 9. The van der Waals surface area contributed by atoms with Crippen LogP contribution >= 0.6 is 14.8 Å². The molecule has 0 heterocycles. The summed E-state index contributed by atoms with van der Waals surface area (Å²) in [7, 11) is -5.53. The Morgan fingerprint density at radius 2 is 0.625 bits per heavy atom. The van der Waals surface area contributed by atoms with Crippen molar-refractivity contribution in [2.24, 2.45) is 0 Å². The third-order valence-corrected chi connectivity index (χ3v) is 18.3. The van der Waals surface area contributed by atoms with Gasteiger partial charge in [-0.2, -0.15) is 0 Å². The molecular weight excluding hydrogens is 622 g/mol. The van der Waals surface area contributed by atoms with Crippen LogP contribution in [0.3, 0.4) is 0 Å². The molecule has 0 atom stereocenters. The van der Waals surface area contributed by atoms with Gasteiger partial charge in [0.05, 0.1) is 0 Å². The molecule has 2 nitrogen and oxygen atoms in total. The topological polar surface area (TPSA) is 26.3 Å². The van der Waals surface area contributed by atoms with Gasteiger partial charge in [-0.25, -0.2) is 4.79 Å². The molecule has 0 aliphatic heterocycles. The van der Waals surface area contributed by atoms with Crippen molar-refractivity contribution in [3.05, 3.63) is 179 Å². The second-order valence-corrected chi connectivity index (χ2v) is 19.0. The van der Waals surface area contributed by atoms with E-state index in [2.05, 4.69) is 187 Å². The first kappa shape index (κ1) is 33.5. The number of hydrogen-bond acceptors (Lipinski definition) is 2. The number of benzene rings is 6. The predicted molar refractivity (Wildman–Crippen MR) is 210 cm³/mol. The summed E-state index contributed by atoms with van der Waals surface area (Å²) >= 11 is 0. The zero-order valence-corrected chi connectivity index (χ0v) is 30.6. The van der Waals surface area contributed by atoms with Gasteiger partial charge in [-0.15, -0.1) is 0 Å². The lowest BCUT2D eigenvalue weighted by Crippen LogP contribution is -2.42. The highest BCUT2D eigenvalue weighted by atomic mass is 31.2. The van der Waals surface area contributed by atoms with Gasteiger partial charge in [-0.05, 0) is 111 Å². The summed E-state index contributed by atoms with van der Waals surface area (Å²) in [5, 5.41) is 6.89. The van der Waals surface area contributed by atoms with Crippen LogP contribution in [-0.2, 0) is 9.32 Å². The first-order chi connectivity index (χ1) is 23.2. The quantitative estimate of drug-likeness (QED) is 0.145. The minimum atomic E-state index is -2.95. The van der Waals surface area contributed by atoms with E-state index < -0.39 is 14.8 Å². The lowest BCUT2D eigenvalue weighted by Gasteiger charge is -2.32. The fourth-order valence-corrected chi connectivity index (χ4v) is 16.2. The standard InChI is InChI=1S/C44H44O2P2/c1-32-19-7-13-25-38(32)47(39-26-14-8-20-33(39)2,40-27-15-9-21-34(40)3)31-44(45)46-48(41-28-16-10-22-35(41)4,42-29-17-11-23-36(42)5)43-30-18-12-24-37(43)6/h7-30H,31H2,1-6H3/q+2. The number of aryl methyl sites for hydroxylation is 6. The molecule has 0 aliphatic carbocycles. The summed E-state index contributed by atoms with van der Waals surface area (Å²) in [6.07, 6.45) is 0.249. The molecule has 0 spiro atoms. The maximum Gasteiger partial charge on any atom is 0.389 e. The van der Waals surface area contributed by atoms with Gasteiger partial charge >= 0.3 is 5.97 Å². The fourth-order valence-electron chi connectivity index (χ4n) is 7.28. The molecule has 48 heavy (non-hydrogen) atoms. The molecule has 0 aromatic heterocycles. The van der Waals surface area contributed by atoms with Crippen LogP contribution in [0.15, 0.2) is 146 Å². The van der Waals surface area contributed by atoms with Gasteiger partial charge in [0.25, 0.3) is 7.49 Å². The minimum absolute atomic E-state index is 0.179. The summed E-state index contributed by atoms with van der Waals surface area (Å²) in [5.41, 5.74) is 6.89. The number of hydrogen-bond donors (Lipinski definition) is 0.